The molecule has 156 valence electrons. The van der Waals surface area contributed by atoms with Crippen molar-refractivity contribution in [2.24, 2.45) is 5.73 Å². The highest BCUT2D eigenvalue weighted by atomic mass is 35.5. The van der Waals surface area contributed by atoms with Crippen LogP contribution in [0.2, 0.25) is 5.02 Å². The Balaban J connectivity index is 0.00000140. The van der Waals surface area contributed by atoms with E-state index in [-0.39, 0.29) is 30.2 Å². The number of rotatable bonds is 4. The van der Waals surface area contributed by atoms with E-state index in [0.717, 1.165) is 17.9 Å². The Labute approximate surface area is 185 Å². The second kappa shape index (κ2) is 10.3. The van der Waals surface area contributed by atoms with Crippen LogP contribution in [0.1, 0.15) is 50.1 Å². The minimum Gasteiger partial charge on any atom is -0.334 e. The highest BCUT2D eigenvalue weighted by Gasteiger charge is 2.38. The molecule has 4 rings (SSSR count). The normalized spacial score (nSPS) is 26.3. The van der Waals surface area contributed by atoms with Crippen LogP contribution in [0.25, 0.3) is 0 Å². The Kier molecular flexibility index (Phi) is 8.65. The molecule has 2 aliphatic rings. The van der Waals surface area contributed by atoms with Gasteiger partial charge in [0.1, 0.15) is 0 Å². The van der Waals surface area contributed by atoms with Crippen molar-refractivity contribution in [1.82, 2.24) is 14.5 Å². The van der Waals surface area contributed by atoms with Gasteiger partial charge in [-0.3, -0.25) is 0 Å². The van der Waals surface area contributed by atoms with Crippen molar-refractivity contribution in [3.63, 3.8) is 0 Å². The molecule has 1 aliphatic carbocycles. The number of nitrogens with two attached hydrogens (primary N) is 1. The number of nitrogens with zero attached hydrogens (tertiary/aromatic N) is 3. The van der Waals surface area contributed by atoms with Crippen molar-refractivity contribution in [1.29, 1.82) is 0 Å². The number of aromatic nitrogens is 2. The van der Waals surface area contributed by atoms with Gasteiger partial charge in [-0.25, -0.2) is 4.98 Å². The van der Waals surface area contributed by atoms with E-state index < -0.39 is 0 Å². The highest BCUT2D eigenvalue weighted by molar-refractivity contribution is 6.30. The van der Waals surface area contributed by atoms with Crippen LogP contribution in [-0.4, -0.2) is 40.1 Å². The maximum Gasteiger partial charge on any atom is 0.0948 e. The standard InChI is InChI=1S/C21H29ClN4.2ClH/c22-18-3-1-2-17(14-18)21(15-23)8-4-19(5-9-21)25-11-6-20(7-12-25)26-13-10-24-16-26;;/h1-3,10,13-14,16,19-20H,4-9,11-12,15,23H2;2*1H/t19-,21-;;. The van der Waals surface area contributed by atoms with E-state index in [1.54, 1.807) is 0 Å². The van der Waals surface area contributed by atoms with Crippen LogP contribution in [0.15, 0.2) is 43.0 Å². The molecule has 2 aromatic rings. The van der Waals surface area contributed by atoms with Crippen LogP contribution < -0.4 is 5.73 Å². The molecule has 0 spiro atoms. The number of hydrogen-bond acceptors (Lipinski definition) is 3. The van der Waals surface area contributed by atoms with E-state index in [2.05, 4.69) is 38.8 Å². The summed E-state index contributed by atoms with van der Waals surface area (Å²) in [4.78, 5) is 6.91. The van der Waals surface area contributed by atoms with Gasteiger partial charge in [-0.2, -0.15) is 0 Å². The highest BCUT2D eigenvalue weighted by Crippen LogP contribution is 2.41. The summed E-state index contributed by atoms with van der Waals surface area (Å²) < 4.78 is 2.27. The molecule has 1 aliphatic heterocycles. The average molecular weight is 446 g/mol. The summed E-state index contributed by atoms with van der Waals surface area (Å²) in [5.41, 5.74) is 7.68. The largest absolute Gasteiger partial charge is 0.334 e. The first-order valence-electron chi connectivity index (χ1n) is 9.88. The molecule has 2 N–H and O–H groups in total. The second-order valence-corrected chi connectivity index (χ2v) is 8.44. The molecule has 1 aromatic carbocycles. The summed E-state index contributed by atoms with van der Waals surface area (Å²) in [6, 6.07) is 9.65. The van der Waals surface area contributed by atoms with Gasteiger partial charge in [-0.05, 0) is 56.2 Å². The van der Waals surface area contributed by atoms with Gasteiger partial charge in [0, 0.05) is 54.5 Å². The smallest absolute Gasteiger partial charge is 0.0948 e. The van der Waals surface area contributed by atoms with Crippen LogP contribution >= 0.6 is 36.4 Å². The van der Waals surface area contributed by atoms with Gasteiger partial charge in [-0.1, -0.05) is 23.7 Å². The predicted molar refractivity (Wildman–Crippen MR) is 121 cm³/mol. The van der Waals surface area contributed by atoms with Gasteiger partial charge >= 0.3 is 0 Å². The molecule has 0 radical (unpaired) electrons. The zero-order chi connectivity index (χ0) is 18.0. The fourth-order valence-electron chi connectivity index (χ4n) is 4.98. The minimum atomic E-state index is 0. The monoisotopic (exact) mass is 444 g/mol. The Bertz CT molecular complexity index is 706. The van der Waals surface area contributed by atoms with Crippen LogP contribution in [-0.2, 0) is 5.41 Å². The molecular weight excluding hydrogens is 415 g/mol. The number of benzene rings is 1. The maximum absolute atomic E-state index is 6.25. The van der Waals surface area contributed by atoms with Crippen molar-refractivity contribution in [2.75, 3.05) is 19.6 Å². The number of imidazole rings is 1. The topological polar surface area (TPSA) is 47.1 Å². The molecule has 0 bridgehead atoms. The minimum absolute atomic E-state index is 0. The quantitative estimate of drug-likeness (QED) is 0.731. The van der Waals surface area contributed by atoms with Crippen molar-refractivity contribution in [2.45, 2.75) is 56.0 Å². The Hall–Kier alpha value is -0.780. The summed E-state index contributed by atoms with van der Waals surface area (Å²) in [5.74, 6) is 0. The van der Waals surface area contributed by atoms with Gasteiger partial charge in [-0.15, -0.1) is 24.8 Å². The van der Waals surface area contributed by atoms with Crippen LogP contribution in [0.5, 0.6) is 0 Å². The number of halogens is 3. The third-order valence-electron chi connectivity index (χ3n) is 6.70. The van der Waals surface area contributed by atoms with Crippen molar-refractivity contribution >= 4 is 36.4 Å². The molecule has 1 saturated carbocycles. The molecule has 7 heteroatoms. The van der Waals surface area contributed by atoms with Crippen LogP contribution in [0.4, 0.5) is 0 Å². The summed E-state index contributed by atoms with van der Waals surface area (Å²) in [6.45, 7) is 3.10. The second-order valence-electron chi connectivity index (χ2n) is 8.00. The Morgan fingerprint density at radius 1 is 1.07 bits per heavy atom. The van der Waals surface area contributed by atoms with E-state index in [4.69, 9.17) is 17.3 Å². The molecule has 28 heavy (non-hydrogen) atoms. The van der Waals surface area contributed by atoms with E-state index in [0.29, 0.717) is 18.6 Å². The average Bonchev–Trinajstić information content (AvgIpc) is 3.23. The molecule has 1 saturated heterocycles. The van der Waals surface area contributed by atoms with Crippen molar-refractivity contribution in [3.8, 4) is 0 Å². The Morgan fingerprint density at radius 3 is 2.36 bits per heavy atom. The first-order valence-corrected chi connectivity index (χ1v) is 10.3. The lowest BCUT2D eigenvalue weighted by atomic mass is 9.68. The first-order chi connectivity index (χ1) is 12.7. The van der Waals surface area contributed by atoms with Crippen LogP contribution in [0.3, 0.4) is 0 Å². The van der Waals surface area contributed by atoms with Gasteiger partial charge in [0.25, 0.3) is 0 Å². The van der Waals surface area contributed by atoms with Crippen molar-refractivity contribution in [3.05, 3.63) is 53.6 Å². The molecule has 1 aromatic heterocycles. The van der Waals surface area contributed by atoms with E-state index >= 15 is 0 Å². The van der Waals surface area contributed by atoms with Gasteiger partial charge in [0.05, 0.1) is 6.33 Å². The van der Waals surface area contributed by atoms with Crippen molar-refractivity contribution < 1.29 is 0 Å². The first kappa shape index (κ1) is 23.5. The fourth-order valence-corrected chi connectivity index (χ4v) is 5.17. The maximum atomic E-state index is 6.25. The molecular formula is C21H31Cl3N4. The molecule has 4 nitrogen and oxygen atoms in total. The SMILES string of the molecule is Cl.Cl.NC[C@]1(c2cccc(Cl)c2)CC[C@H](N2CCC(n3ccnc3)CC2)CC1. The van der Waals surface area contributed by atoms with Gasteiger partial charge in [0.15, 0.2) is 0 Å². The Morgan fingerprint density at radius 2 is 1.79 bits per heavy atom. The molecule has 2 fully saturated rings. The third-order valence-corrected chi connectivity index (χ3v) is 6.94. The lowest BCUT2D eigenvalue weighted by molar-refractivity contribution is 0.0893. The lowest BCUT2D eigenvalue weighted by Gasteiger charge is -2.45. The van der Waals surface area contributed by atoms with Crippen LogP contribution in [0, 0.1) is 0 Å². The zero-order valence-electron chi connectivity index (χ0n) is 16.2. The predicted octanol–water partition coefficient (Wildman–Crippen LogP) is 4.86. The van der Waals surface area contributed by atoms with E-state index in [1.165, 1.54) is 44.3 Å². The molecule has 0 atom stereocenters. The third kappa shape index (κ3) is 4.85. The fraction of sp³-hybridized carbons (Fsp3) is 0.571. The van der Waals surface area contributed by atoms with Gasteiger partial charge < -0.3 is 15.2 Å². The summed E-state index contributed by atoms with van der Waals surface area (Å²) in [7, 11) is 0. The number of likely N-dealkylation sites (tertiary alicyclic amines) is 1. The number of piperidine rings is 1. The van der Waals surface area contributed by atoms with E-state index in [9.17, 15) is 0 Å². The van der Waals surface area contributed by atoms with E-state index in [1.807, 2.05) is 18.6 Å². The summed E-state index contributed by atoms with van der Waals surface area (Å²) in [5, 5.41) is 0.819. The molecule has 2 heterocycles. The summed E-state index contributed by atoms with van der Waals surface area (Å²) in [6.07, 6.45) is 13.2. The lowest BCUT2D eigenvalue weighted by Crippen LogP contribution is -2.47. The van der Waals surface area contributed by atoms with Gasteiger partial charge in [0.2, 0.25) is 0 Å². The molecule has 0 amide bonds. The molecule has 0 unspecified atom stereocenters. The zero-order valence-corrected chi connectivity index (χ0v) is 18.6. The summed E-state index contributed by atoms with van der Waals surface area (Å²) >= 11 is 6.23. The number of hydrogen-bond donors (Lipinski definition) is 1.